The van der Waals surface area contributed by atoms with Gasteiger partial charge < -0.3 is 14.2 Å². The summed E-state index contributed by atoms with van der Waals surface area (Å²) in [6.07, 6.45) is -0.134. The number of nitrogens with zero attached hydrogens (tertiary/aromatic N) is 2. The van der Waals surface area contributed by atoms with Crippen molar-refractivity contribution in [1.82, 2.24) is 10.1 Å². The van der Waals surface area contributed by atoms with Crippen LogP contribution < -0.4 is 0 Å². The lowest BCUT2D eigenvalue weighted by Crippen LogP contribution is -2.54. The van der Waals surface area contributed by atoms with Crippen molar-refractivity contribution in [2.75, 3.05) is 13.1 Å². The highest BCUT2D eigenvalue weighted by Gasteiger charge is 2.37. The molecule has 1 aliphatic rings. The van der Waals surface area contributed by atoms with Crippen molar-refractivity contribution in [2.24, 2.45) is 5.92 Å². The summed E-state index contributed by atoms with van der Waals surface area (Å²) in [5, 5.41) is 3.74. The second-order valence-corrected chi connectivity index (χ2v) is 6.16. The van der Waals surface area contributed by atoms with Gasteiger partial charge in [-0.2, -0.15) is 0 Å². The number of carbonyl (C=O) groups excluding carboxylic acids is 2. The van der Waals surface area contributed by atoms with Gasteiger partial charge in [0.25, 0.3) is 0 Å². The molecular formula is C14H20N2O4. The van der Waals surface area contributed by atoms with Crippen LogP contribution in [-0.4, -0.2) is 40.6 Å². The summed E-state index contributed by atoms with van der Waals surface area (Å²) in [6, 6.07) is 1.75. The van der Waals surface area contributed by atoms with Crippen molar-refractivity contribution in [2.45, 2.75) is 39.7 Å². The molecule has 6 nitrogen and oxygen atoms in total. The molecule has 2 heterocycles. The van der Waals surface area contributed by atoms with E-state index in [0.717, 1.165) is 5.69 Å². The van der Waals surface area contributed by atoms with E-state index in [-0.39, 0.29) is 24.2 Å². The fourth-order valence-corrected chi connectivity index (χ4v) is 1.97. The van der Waals surface area contributed by atoms with E-state index in [9.17, 15) is 9.59 Å². The molecule has 0 unspecified atom stereocenters. The van der Waals surface area contributed by atoms with Crippen LogP contribution in [0.25, 0.3) is 0 Å². The Kier molecular flexibility index (Phi) is 3.83. The van der Waals surface area contributed by atoms with Gasteiger partial charge in [0, 0.05) is 19.2 Å². The number of Topliss-reactive ketones (excluding diaryl/α,β-unsaturated/α-hetero) is 1. The molecule has 1 aromatic rings. The average molecular weight is 280 g/mol. The van der Waals surface area contributed by atoms with Gasteiger partial charge >= 0.3 is 6.09 Å². The van der Waals surface area contributed by atoms with Gasteiger partial charge in [-0.25, -0.2) is 4.79 Å². The fraction of sp³-hybridized carbons (Fsp3) is 0.643. The highest BCUT2D eigenvalue weighted by atomic mass is 16.6. The van der Waals surface area contributed by atoms with Crippen LogP contribution in [0.1, 0.15) is 32.2 Å². The highest BCUT2D eigenvalue weighted by Crippen LogP contribution is 2.21. The molecule has 0 radical (unpaired) electrons. The molecule has 0 aliphatic carbocycles. The first-order chi connectivity index (χ1) is 9.24. The van der Waals surface area contributed by atoms with E-state index < -0.39 is 5.60 Å². The average Bonchev–Trinajstić information content (AvgIpc) is 2.58. The third-order valence-electron chi connectivity index (χ3n) is 3.01. The number of aromatic nitrogens is 1. The number of carbonyl (C=O) groups is 2. The molecule has 110 valence electrons. The first kappa shape index (κ1) is 14.6. The van der Waals surface area contributed by atoms with Crippen molar-refractivity contribution < 1.29 is 18.8 Å². The Morgan fingerprint density at radius 3 is 2.60 bits per heavy atom. The molecule has 1 aliphatic heterocycles. The highest BCUT2D eigenvalue weighted by molar-refractivity contribution is 5.85. The Hall–Kier alpha value is -1.85. The van der Waals surface area contributed by atoms with E-state index in [2.05, 4.69) is 5.16 Å². The van der Waals surface area contributed by atoms with E-state index >= 15 is 0 Å². The summed E-state index contributed by atoms with van der Waals surface area (Å²) in [6.45, 7) is 8.10. The minimum atomic E-state index is -0.510. The van der Waals surface area contributed by atoms with Crippen LogP contribution in [0.5, 0.6) is 0 Å². The fourth-order valence-electron chi connectivity index (χ4n) is 1.97. The van der Waals surface area contributed by atoms with Crippen LogP contribution in [0.4, 0.5) is 4.79 Å². The lowest BCUT2D eigenvalue weighted by Gasteiger charge is -2.38. The molecule has 2 rings (SSSR count). The smallest absolute Gasteiger partial charge is 0.410 e. The maximum absolute atomic E-state index is 12.0. The largest absolute Gasteiger partial charge is 0.444 e. The second kappa shape index (κ2) is 5.26. The molecule has 0 N–H and O–H groups in total. The second-order valence-electron chi connectivity index (χ2n) is 6.16. The molecule has 6 heteroatoms. The normalized spacial score (nSPS) is 15.9. The van der Waals surface area contributed by atoms with Gasteiger partial charge in [0.1, 0.15) is 17.1 Å². The molecule has 0 aromatic carbocycles. The minimum Gasteiger partial charge on any atom is -0.444 e. The molecule has 20 heavy (non-hydrogen) atoms. The number of likely N-dealkylation sites (tertiary alicyclic amines) is 1. The first-order valence-electron chi connectivity index (χ1n) is 6.67. The minimum absolute atomic E-state index is 0.0703. The zero-order valence-electron chi connectivity index (χ0n) is 12.3. The maximum atomic E-state index is 12.0. The standard InChI is InChI=1S/C14H20N2O4/c1-9-5-11(20-15-9)6-12(17)10-7-16(8-10)13(18)19-14(2,3)4/h5,10H,6-8H2,1-4H3. The lowest BCUT2D eigenvalue weighted by atomic mass is 9.93. The summed E-state index contributed by atoms with van der Waals surface area (Å²) in [4.78, 5) is 25.3. The molecule has 0 spiro atoms. The number of aryl methyl sites for hydroxylation is 1. The number of rotatable bonds is 3. The van der Waals surface area contributed by atoms with Gasteiger partial charge in [-0.1, -0.05) is 5.16 Å². The summed E-state index contributed by atoms with van der Waals surface area (Å²) in [5.41, 5.74) is 0.251. The predicted octanol–water partition coefficient (Wildman–Crippen LogP) is 1.96. The molecule has 1 aromatic heterocycles. The van der Waals surface area contributed by atoms with Gasteiger partial charge in [-0.05, 0) is 27.7 Å². The summed E-state index contributed by atoms with van der Waals surface area (Å²) < 4.78 is 10.3. The maximum Gasteiger partial charge on any atom is 0.410 e. The van der Waals surface area contributed by atoms with Crippen molar-refractivity contribution in [3.05, 3.63) is 17.5 Å². The van der Waals surface area contributed by atoms with Crippen LogP contribution >= 0.6 is 0 Å². The topological polar surface area (TPSA) is 72.6 Å². The molecule has 1 amide bonds. The number of amides is 1. The quantitative estimate of drug-likeness (QED) is 0.846. The van der Waals surface area contributed by atoms with E-state index in [1.807, 2.05) is 27.7 Å². The Bertz CT molecular complexity index is 509. The van der Waals surface area contributed by atoms with Crippen LogP contribution in [-0.2, 0) is 16.0 Å². The van der Waals surface area contributed by atoms with Gasteiger partial charge in [0.15, 0.2) is 0 Å². The zero-order valence-corrected chi connectivity index (χ0v) is 12.3. The monoisotopic (exact) mass is 280 g/mol. The molecule has 1 fully saturated rings. The molecule has 0 atom stereocenters. The van der Waals surface area contributed by atoms with Crippen LogP contribution in [0.2, 0.25) is 0 Å². The predicted molar refractivity (Wildman–Crippen MR) is 71.2 cm³/mol. The van der Waals surface area contributed by atoms with Gasteiger partial charge in [-0.15, -0.1) is 0 Å². The Morgan fingerprint density at radius 1 is 1.45 bits per heavy atom. The first-order valence-corrected chi connectivity index (χ1v) is 6.67. The Morgan fingerprint density at radius 2 is 2.10 bits per heavy atom. The van der Waals surface area contributed by atoms with E-state index in [1.54, 1.807) is 11.0 Å². The van der Waals surface area contributed by atoms with Crippen LogP contribution in [0.3, 0.4) is 0 Å². The molecule has 1 saturated heterocycles. The summed E-state index contributed by atoms with van der Waals surface area (Å²) in [5.74, 6) is 0.511. The number of hydrogen-bond donors (Lipinski definition) is 0. The third-order valence-corrected chi connectivity index (χ3v) is 3.01. The number of ketones is 1. The van der Waals surface area contributed by atoms with Crippen molar-refractivity contribution in [3.8, 4) is 0 Å². The van der Waals surface area contributed by atoms with Gasteiger partial charge in [0.05, 0.1) is 18.0 Å². The van der Waals surface area contributed by atoms with Crippen molar-refractivity contribution >= 4 is 11.9 Å². The zero-order chi connectivity index (χ0) is 14.9. The van der Waals surface area contributed by atoms with Crippen molar-refractivity contribution in [3.63, 3.8) is 0 Å². The van der Waals surface area contributed by atoms with E-state index in [4.69, 9.17) is 9.26 Å². The SMILES string of the molecule is Cc1cc(CC(=O)C2CN(C(=O)OC(C)(C)C)C2)on1. The van der Waals surface area contributed by atoms with E-state index in [0.29, 0.717) is 18.8 Å². The Labute approximate surface area is 118 Å². The van der Waals surface area contributed by atoms with Crippen LogP contribution in [0, 0.1) is 12.8 Å². The molecular weight excluding hydrogens is 260 g/mol. The molecule has 0 saturated carbocycles. The Balaban J connectivity index is 1.78. The molecule has 0 bridgehead atoms. The third kappa shape index (κ3) is 3.59. The summed E-state index contributed by atoms with van der Waals surface area (Å²) in [7, 11) is 0. The van der Waals surface area contributed by atoms with Crippen LogP contribution in [0.15, 0.2) is 10.6 Å². The van der Waals surface area contributed by atoms with E-state index in [1.165, 1.54) is 0 Å². The van der Waals surface area contributed by atoms with Crippen molar-refractivity contribution in [1.29, 1.82) is 0 Å². The summed E-state index contributed by atoms with van der Waals surface area (Å²) >= 11 is 0. The van der Waals surface area contributed by atoms with Gasteiger partial charge in [-0.3, -0.25) is 4.79 Å². The number of ether oxygens (including phenoxy) is 1. The van der Waals surface area contributed by atoms with Gasteiger partial charge in [0.2, 0.25) is 0 Å². The number of hydrogen-bond acceptors (Lipinski definition) is 5. The lowest BCUT2D eigenvalue weighted by molar-refractivity contribution is -0.127.